The van der Waals surface area contributed by atoms with Crippen molar-refractivity contribution in [3.05, 3.63) is 41.2 Å². The summed E-state index contributed by atoms with van der Waals surface area (Å²) < 4.78 is 18.9. The van der Waals surface area contributed by atoms with Gasteiger partial charge in [-0.15, -0.1) is 11.3 Å². The molecule has 6 nitrogen and oxygen atoms in total. The van der Waals surface area contributed by atoms with Crippen LogP contribution in [0.15, 0.2) is 30.5 Å². The third-order valence-corrected chi connectivity index (χ3v) is 5.42. The molecular formula is C20H27FN4O2S. The van der Waals surface area contributed by atoms with Gasteiger partial charge in [-0.05, 0) is 52.1 Å². The lowest BCUT2D eigenvalue weighted by atomic mass is 10.2. The van der Waals surface area contributed by atoms with Gasteiger partial charge in [0, 0.05) is 42.9 Å². The molecule has 3 rings (SSSR count). The first-order valence-corrected chi connectivity index (χ1v) is 10.2. The molecule has 152 valence electrons. The van der Waals surface area contributed by atoms with Gasteiger partial charge in [0.25, 0.3) is 0 Å². The van der Waals surface area contributed by atoms with E-state index in [1.165, 1.54) is 17.0 Å². The number of ether oxygens (including phenoxy) is 1. The van der Waals surface area contributed by atoms with Crippen LogP contribution in [0.2, 0.25) is 0 Å². The molecule has 2 heterocycles. The van der Waals surface area contributed by atoms with E-state index in [0.29, 0.717) is 12.2 Å². The van der Waals surface area contributed by atoms with Crippen molar-refractivity contribution in [2.24, 2.45) is 0 Å². The Morgan fingerprint density at radius 1 is 1.21 bits per heavy atom. The summed E-state index contributed by atoms with van der Waals surface area (Å²) in [7, 11) is 2.12. The largest absolute Gasteiger partial charge is 0.443 e. The molecule has 0 aliphatic carbocycles. The molecular weight excluding hydrogens is 379 g/mol. The highest BCUT2D eigenvalue weighted by Crippen LogP contribution is 2.27. The van der Waals surface area contributed by atoms with Gasteiger partial charge < -0.3 is 14.5 Å². The smallest absolute Gasteiger partial charge is 0.415 e. The number of rotatable bonds is 4. The highest BCUT2D eigenvalue weighted by Gasteiger charge is 2.25. The molecule has 0 atom stereocenters. The predicted molar refractivity (Wildman–Crippen MR) is 111 cm³/mol. The molecule has 28 heavy (non-hydrogen) atoms. The monoisotopic (exact) mass is 406 g/mol. The summed E-state index contributed by atoms with van der Waals surface area (Å²) in [6, 6.07) is 5.85. The average molecular weight is 407 g/mol. The van der Waals surface area contributed by atoms with Gasteiger partial charge in [0.05, 0.1) is 6.54 Å². The lowest BCUT2D eigenvalue weighted by Crippen LogP contribution is -2.44. The van der Waals surface area contributed by atoms with E-state index < -0.39 is 11.7 Å². The Morgan fingerprint density at radius 2 is 1.86 bits per heavy atom. The van der Waals surface area contributed by atoms with Gasteiger partial charge in [-0.1, -0.05) is 0 Å². The SMILES string of the molecule is CN1CCN(c2ncc(CN(C(=O)OC(C)(C)C)c3ccc(F)cc3)s2)CC1. The van der Waals surface area contributed by atoms with E-state index in [2.05, 4.69) is 21.8 Å². The first-order valence-electron chi connectivity index (χ1n) is 9.35. The number of thiazole rings is 1. The normalized spacial score (nSPS) is 15.5. The van der Waals surface area contributed by atoms with E-state index in [9.17, 15) is 9.18 Å². The fourth-order valence-electron chi connectivity index (χ4n) is 2.87. The number of amides is 1. The number of likely N-dealkylation sites (N-methyl/N-ethyl adjacent to an activating group) is 1. The van der Waals surface area contributed by atoms with E-state index in [1.54, 1.807) is 29.7 Å². The number of halogens is 1. The first-order chi connectivity index (χ1) is 13.2. The Balaban J connectivity index is 1.77. The van der Waals surface area contributed by atoms with Crippen molar-refractivity contribution >= 4 is 28.2 Å². The number of nitrogens with zero attached hydrogens (tertiary/aromatic N) is 4. The summed E-state index contributed by atoms with van der Waals surface area (Å²) >= 11 is 1.57. The standard InChI is InChI=1S/C20H27FN4O2S/c1-20(2,3)27-19(26)25(16-7-5-15(21)6-8-16)14-17-13-22-18(28-17)24-11-9-23(4)10-12-24/h5-8,13H,9-12,14H2,1-4H3. The van der Waals surface area contributed by atoms with Crippen LogP contribution in [-0.2, 0) is 11.3 Å². The number of benzene rings is 1. The number of hydrogen-bond acceptors (Lipinski definition) is 6. The first kappa shape index (κ1) is 20.5. The molecule has 0 radical (unpaired) electrons. The maximum Gasteiger partial charge on any atom is 0.415 e. The van der Waals surface area contributed by atoms with E-state index in [-0.39, 0.29) is 5.82 Å². The number of piperazine rings is 1. The van der Waals surface area contributed by atoms with E-state index >= 15 is 0 Å². The number of carbonyl (C=O) groups is 1. The van der Waals surface area contributed by atoms with Crippen molar-refractivity contribution in [3.63, 3.8) is 0 Å². The van der Waals surface area contributed by atoms with Gasteiger partial charge in [-0.2, -0.15) is 0 Å². The fraction of sp³-hybridized carbons (Fsp3) is 0.500. The molecule has 1 aromatic heterocycles. The molecule has 0 spiro atoms. The predicted octanol–water partition coefficient (Wildman–Crippen LogP) is 3.98. The molecule has 0 unspecified atom stereocenters. The van der Waals surface area contributed by atoms with Crippen molar-refractivity contribution in [1.29, 1.82) is 0 Å². The zero-order valence-electron chi connectivity index (χ0n) is 16.8. The molecule has 2 aromatic rings. The second kappa shape index (κ2) is 8.45. The average Bonchev–Trinajstić information content (AvgIpc) is 3.08. The zero-order valence-corrected chi connectivity index (χ0v) is 17.6. The summed E-state index contributed by atoms with van der Waals surface area (Å²) in [6.07, 6.45) is 1.34. The summed E-state index contributed by atoms with van der Waals surface area (Å²) in [5.41, 5.74) is -0.0289. The zero-order chi connectivity index (χ0) is 20.3. The summed E-state index contributed by atoms with van der Waals surface area (Å²) in [4.78, 5) is 24.3. The van der Waals surface area contributed by atoms with E-state index in [1.807, 2.05) is 20.8 Å². The van der Waals surface area contributed by atoms with Crippen LogP contribution in [0.4, 0.5) is 20.0 Å². The van der Waals surface area contributed by atoms with Crippen LogP contribution in [0.25, 0.3) is 0 Å². The second-order valence-corrected chi connectivity index (χ2v) is 9.04. The van der Waals surface area contributed by atoms with Gasteiger partial charge in [-0.25, -0.2) is 14.2 Å². The Kier molecular flexibility index (Phi) is 6.20. The second-order valence-electron chi connectivity index (χ2n) is 7.94. The van der Waals surface area contributed by atoms with Gasteiger partial charge in [0.1, 0.15) is 11.4 Å². The molecule has 1 amide bonds. The molecule has 1 aromatic carbocycles. The lowest BCUT2D eigenvalue weighted by molar-refractivity contribution is 0.0578. The maximum absolute atomic E-state index is 13.3. The van der Waals surface area contributed by atoms with Gasteiger partial charge in [0.15, 0.2) is 5.13 Å². The minimum absolute atomic E-state index is 0.325. The molecule has 1 aliphatic rings. The van der Waals surface area contributed by atoms with Crippen LogP contribution in [0.5, 0.6) is 0 Å². The third-order valence-electron chi connectivity index (χ3n) is 4.38. The molecule has 1 aliphatic heterocycles. The Labute approximate surface area is 169 Å². The Morgan fingerprint density at radius 3 is 2.46 bits per heavy atom. The van der Waals surface area contributed by atoms with E-state index in [4.69, 9.17) is 4.74 Å². The number of hydrogen-bond donors (Lipinski definition) is 0. The van der Waals surface area contributed by atoms with Crippen molar-refractivity contribution < 1.29 is 13.9 Å². The third kappa shape index (κ3) is 5.42. The molecule has 1 fully saturated rings. The van der Waals surface area contributed by atoms with Crippen molar-refractivity contribution in [1.82, 2.24) is 9.88 Å². The van der Waals surface area contributed by atoms with Crippen LogP contribution in [-0.4, -0.2) is 54.8 Å². The van der Waals surface area contributed by atoms with Gasteiger partial charge in [-0.3, -0.25) is 4.90 Å². The van der Waals surface area contributed by atoms with Crippen molar-refractivity contribution in [2.45, 2.75) is 32.9 Å². The molecule has 0 N–H and O–H groups in total. The van der Waals surface area contributed by atoms with Crippen molar-refractivity contribution in [3.8, 4) is 0 Å². The summed E-state index contributed by atoms with van der Waals surface area (Å²) in [6.45, 7) is 9.70. The number of carbonyl (C=O) groups excluding carboxylic acids is 1. The highest BCUT2D eigenvalue weighted by atomic mass is 32.1. The lowest BCUT2D eigenvalue weighted by Gasteiger charge is -2.32. The van der Waals surface area contributed by atoms with Crippen LogP contribution in [0.1, 0.15) is 25.6 Å². The van der Waals surface area contributed by atoms with Gasteiger partial charge >= 0.3 is 6.09 Å². The molecule has 0 bridgehead atoms. The van der Waals surface area contributed by atoms with E-state index in [0.717, 1.165) is 36.2 Å². The fourth-order valence-corrected chi connectivity index (χ4v) is 3.82. The number of aromatic nitrogens is 1. The minimum atomic E-state index is -0.617. The Bertz CT molecular complexity index is 795. The van der Waals surface area contributed by atoms with Gasteiger partial charge in [0.2, 0.25) is 0 Å². The van der Waals surface area contributed by atoms with Crippen LogP contribution in [0, 0.1) is 5.82 Å². The molecule has 8 heteroatoms. The van der Waals surface area contributed by atoms with Crippen LogP contribution >= 0.6 is 11.3 Å². The number of anilines is 2. The topological polar surface area (TPSA) is 48.9 Å². The minimum Gasteiger partial charge on any atom is -0.443 e. The quantitative estimate of drug-likeness (QED) is 0.769. The van der Waals surface area contributed by atoms with Crippen LogP contribution in [0.3, 0.4) is 0 Å². The summed E-state index contributed by atoms with van der Waals surface area (Å²) in [5, 5.41) is 0.964. The molecule has 1 saturated heterocycles. The maximum atomic E-state index is 13.3. The van der Waals surface area contributed by atoms with Crippen molar-refractivity contribution in [2.75, 3.05) is 43.0 Å². The molecule has 0 saturated carbocycles. The summed E-state index contributed by atoms with van der Waals surface area (Å²) in [5.74, 6) is -0.344. The van der Waals surface area contributed by atoms with Crippen LogP contribution < -0.4 is 9.80 Å². The highest BCUT2D eigenvalue weighted by molar-refractivity contribution is 7.15. The Hall–Kier alpha value is -2.19.